The molecule has 0 spiro atoms. The zero-order chi connectivity index (χ0) is 13.7. The fourth-order valence-corrected chi connectivity index (χ4v) is 2.12. The highest BCUT2D eigenvalue weighted by atomic mass is 16.5. The number of nitrogens with two attached hydrogens (primary N) is 1. The Hall–Kier alpha value is -1.73. The Kier molecular flexibility index (Phi) is 4.64. The maximum atomic E-state index is 12.2. The van der Waals surface area contributed by atoms with Crippen LogP contribution in [0.25, 0.3) is 0 Å². The van der Waals surface area contributed by atoms with Crippen LogP contribution in [0.2, 0.25) is 0 Å². The van der Waals surface area contributed by atoms with Crippen LogP contribution >= 0.6 is 0 Å². The molecule has 7 nitrogen and oxygen atoms in total. The Morgan fingerprint density at radius 2 is 2.21 bits per heavy atom. The lowest BCUT2D eigenvalue weighted by Gasteiger charge is -2.26. The number of amides is 1. The van der Waals surface area contributed by atoms with Crippen molar-refractivity contribution in [2.24, 2.45) is 11.8 Å². The molecule has 0 radical (unpaired) electrons. The van der Waals surface area contributed by atoms with E-state index in [4.69, 9.17) is 10.6 Å². The number of nitrogens with one attached hydrogen (secondary N) is 1. The lowest BCUT2D eigenvalue weighted by molar-refractivity contribution is 0.0494. The smallest absolute Gasteiger partial charge is 0.274 e. The van der Waals surface area contributed by atoms with Gasteiger partial charge in [-0.2, -0.15) is 0 Å². The van der Waals surface area contributed by atoms with Crippen molar-refractivity contribution in [1.29, 1.82) is 0 Å². The van der Waals surface area contributed by atoms with Crippen LogP contribution in [0.4, 0.5) is 5.82 Å². The van der Waals surface area contributed by atoms with Crippen molar-refractivity contribution in [1.82, 2.24) is 15.1 Å². The minimum atomic E-state index is -0.123. The number of rotatable bonds is 4. The van der Waals surface area contributed by atoms with E-state index in [1.807, 2.05) is 0 Å². The zero-order valence-electron chi connectivity index (χ0n) is 11.0. The topological polar surface area (TPSA) is 93.4 Å². The molecule has 1 aromatic rings. The van der Waals surface area contributed by atoms with E-state index < -0.39 is 0 Å². The summed E-state index contributed by atoms with van der Waals surface area (Å²) in [6, 6.07) is 3.24. The van der Waals surface area contributed by atoms with Crippen LogP contribution in [-0.4, -0.2) is 47.8 Å². The number of ether oxygens (including phenoxy) is 1. The molecule has 1 saturated heterocycles. The Morgan fingerprint density at radius 1 is 1.47 bits per heavy atom. The second kappa shape index (κ2) is 6.44. The molecule has 0 atom stereocenters. The zero-order valence-corrected chi connectivity index (χ0v) is 11.0. The van der Waals surface area contributed by atoms with Crippen molar-refractivity contribution in [3.63, 3.8) is 0 Å². The summed E-state index contributed by atoms with van der Waals surface area (Å²) in [7, 11) is 1.79. The summed E-state index contributed by atoms with van der Waals surface area (Å²) in [5.41, 5.74) is 2.70. The van der Waals surface area contributed by atoms with Gasteiger partial charge in [0, 0.05) is 26.8 Å². The van der Waals surface area contributed by atoms with Crippen molar-refractivity contribution in [3.8, 4) is 0 Å². The number of aromatic nitrogens is 2. The van der Waals surface area contributed by atoms with Gasteiger partial charge in [0.05, 0.1) is 0 Å². The standard InChI is InChI=1S/C12H19N5O2/c1-17(8-9-4-6-19-7-5-9)12(18)10-2-3-11(14-13)16-15-10/h2-3,9H,4-8,13H2,1H3,(H,14,16). The molecular formula is C12H19N5O2. The molecule has 3 N–H and O–H groups in total. The predicted octanol–water partition coefficient (Wildman–Crippen LogP) is 0.261. The second-order valence-electron chi connectivity index (χ2n) is 4.69. The van der Waals surface area contributed by atoms with Crippen LogP contribution in [0.1, 0.15) is 23.3 Å². The summed E-state index contributed by atoms with van der Waals surface area (Å²) >= 11 is 0. The first-order valence-electron chi connectivity index (χ1n) is 6.34. The van der Waals surface area contributed by atoms with Crippen molar-refractivity contribution >= 4 is 11.7 Å². The summed E-state index contributed by atoms with van der Waals surface area (Å²) in [5, 5.41) is 7.65. The Balaban J connectivity index is 1.93. The summed E-state index contributed by atoms with van der Waals surface area (Å²) in [4.78, 5) is 13.8. The Morgan fingerprint density at radius 3 is 2.79 bits per heavy atom. The molecule has 7 heteroatoms. The van der Waals surface area contributed by atoms with Gasteiger partial charge < -0.3 is 15.1 Å². The number of hydrazine groups is 1. The van der Waals surface area contributed by atoms with Crippen LogP contribution in [0.3, 0.4) is 0 Å². The van der Waals surface area contributed by atoms with Crippen LogP contribution in [0.5, 0.6) is 0 Å². The number of hydrogen-bond acceptors (Lipinski definition) is 6. The van der Waals surface area contributed by atoms with Crippen molar-refractivity contribution in [2.75, 3.05) is 32.2 Å². The summed E-state index contributed by atoms with van der Waals surface area (Å²) in [6.45, 7) is 2.29. The van der Waals surface area contributed by atoms with Gasteiger partial charge in [0.1, 0.15) is 0 Å². The molecule has 104 valence electrons. The largest absolute Gasteiger partial charge is 0.381 e. The lowest BCUT2D eigenvalue weighted by atomic mass is 10.00. The molecule has 1 aromatic heterocycles. The molecule has 0 aliphatic carbocycles. The van der Waals surface area contributed by atoms with E-state index in [9.17, 15) is 4.79 Å². The van der Waals surface area contributed by atoms with E-state index >= 15 is 0 Å². The van der Waals surface area contributed by atoms with Gasteiger partial charge in [-0.15, -0.1) is 10.2 Å². The normalized spacial score (nSPS) is 16.1. The maximum absolute atomic E-state index is 12.2. The van der Waals surface area contributed by atoms with Gasteiger partial charge in [0.15, 0.2) is 11.5 Å². The van der Waals surface area contributed by atoms with Crippen LogP contribution < -0.4 is 11.3 Å². The first kappa shape index (κ1) is 13.7. The molecule has 0 aromatic carbocycles. The number of nitrogen functional groups attached to an aromatic ring is 1. The van der Waals surface area contributed by atoms with E-state index in [-0.39, 0.29) is 5.91 Å². The summed E-state index contributed by atoms with van der Waals surface area (Å²) in [6.07, 6.45) is 2.00. The molecule has 2 heterocycles. The van der Waals surface area contributed by atoms with Crippen molar-refractivity contribution in [3.05, 3.63) is 17.8 Å². The summed E-state index contributed by atoms with van der Waals surface area (Å²) in [5.74, 6) is 6.01. The van der Waals surface area contributed by atoms with Crippen LogP contribution in [0.15, 0.2) is 12.1 Å². The van der Waals surface area contributed by atoms with Gasteiger partial charge in [0.25, 0.3) is 5.91 Å². The average Bonchev–Trinajstić information content (AvgIpc) is 2.47. The fraction of sp³-hybridized carbons (Fsp3) is 0.583. The molecule has 1 fully saturated rings. The number of nitrogens with zero attached hydrogens (tertiary/aromatic N) is 3. The highest BCUT2D eigenvalue weighted by Gasteiger charge is 2.20. The first-order valence-corrected chi connectivity index (χ1v) is 6.34. The highest BCUT2D eigenvalue weighted by molar-refractivity contribution is 5.92. The van der Waals surface area contributed by atoms with Crippen molar-refractivity contribution < 1.29 is 9.53 Å². The number of carbonyl (C=O) groups is 1. The van der Waals surface area contributed by atoms with Gasteiger partial charge in [0.2, 0.25) is 0 Å². The van der Waals surface area contributed by atoms with Crippen LogP contribution in [-0.2, 0) is 4.74 Å². The van der Waals surface area contributed by atoms with Gasteiger partial charge in [-0.05, 0) is 30.9 Å². The SMILES string of the molecule is CN(CC1CCOCC1)C(=O)c1ccc(NN)nn1. The minimum absolute atomic E-state index is 0.123. The van der Waals surface area contributed by atoms with E-state index in [0.717, 1.165) is 32.6 Å². The highest BCUT2D eigenvalue weighted by Crippen LogP contribution is 2.16. The predicted molar refractivity (Wildman–Crippen MR) is 70.3 cm³/mol. The molecule has 1 aliphatic rings. The quantitative estimate of drug-likeness (QED) is 0.599. The number of anilines is 1. The molecule has 0 bridgehead atoms. The Labute approximate surface area is 112 Å². The van der Waals surface area contributed by atoms with E-state index in [1.165, 1.54) is 0 Å². The second-order valence-corrected chi connectivity index (χ2v) is 4.69. The molecule has 2 rings (SSSR count). The summed E-state index contributed by atoms with van der Waals surface area (Å²) < 4.78 is 5.31. The average molecular weight is 265 g/mol. The Bertz CT molecular complexity index is 417. The van der Waals surface area contributed by atoms with E-state index in [0.29, 0.717) is 17.4 Å². The van der Waals surface area contributed by atoms with Gasteiger partial charge in [-0.25, -0.2) is 5.84 Å². The molecule has 0 unspecified atom stereocenters. The van der Waals surface area contributed by atoms with E-state index in [1.54, 1.807) is 24.1 Å². The maximum Gasteiger partial charge on any atom is 0.274 e. The van der Waals surface area contributed by atoms with Crippen LogP contribution in [0, 0.1) is 5.92 Å². The molecule has 1 aliphatic heterocycles. The fourth-order valence-electron chi connectivity index (χ4n) is 2.12. The third kappa shape index (κ3) is 3.62. The molecule has 1 amide bonds. The van der Waals surface area contributed by atoms with Gasteiger partial charge in [-0.3, -0.25) is 4.79 Å². The number of carbonyl (C=O) groups excluding carboxylic acids is 1. The lowest BCUT2D eigenvalue weighted by Crippen LogP contribution is -2.34. The van der Waals surface area contributed by atoms with E-state index in [2.05, 4.69) is 15.6 Å². The molecular weight excluding hydrogens is 246 g/mol. The molecule has 0 saturated carbocycles. The first-order chi connectivity index (χ1) is 9.20. The van der Waals surface area contributed by atoms with Crippen molar-refractivity contribution in [2.45, 2.75) is 12.8 Å². The van der Waals surface area contributed by atoms with Gasteiger partial charge in [-0.1, -0.05) is 0 Å². The third-order valence-electron chi connectivity index (χ3n) is 3.25. The third-order valence-corrected chi connectivity index (χ3v) is 3.25. The van der Waals surface area contributed by atoms with Gasteiger partial charge >= 0.3 is 0 Å². The molecule has 19 heavy (non-hydrogen) atoms. The number of hydrogen-bond donors (Lipinski definition) is 2. The minimum Gasteiger partial charge on any atom is -0.381 e. The monoisotopic (exact) mass is 265 g/mol.